The highest BCUT2D eigenvalue weighted by Crippen LogP contribution is 2.27. The lowest BCUT2D eigenvalue weighted by molar-refractivity contribution is 0.370. The van der Waals surface area contributed by atoms with Gasteiger partial charge >= 0.3 is 0 Å². The summed E-state index contributed by atoms with van der Waals surface area (Å²) in [5.74, 6) is 0.932. The average molecular weight is 436 g/mol. The highest BCUT2D eigenvalue weighted by molar-refractivity contribution is 7.89. The Morgan fingerprint density at radius 3 is 2.45 bits per heavy atom. The predicted octanol–water partition coefficient (Wildman–Crippen LogP) is 3.46. The molecule has 0 radical (unpaired) electrons. The Labute approximate surface area is 174 Å². The van der Waals surface area contributed by atoms with Crippen LogP contribution in [0.3, 0.4) is 0 Å². The van der Waals surface area contributed by atoms with Crippen LogP contribution in [-0.2, 0) is 16.6 Å². The number of aromatic nitrogens is 2. The van der Waals surface area contributed by atoms with Crippen molar-refractivity contribution in [2.75, 3.05) is 14.2 Å². The standard InChI is InChI=1S/C20H22ClN3O4S/c1-5-24-19(22-18-11-6-14(21)12-17(18)20(24)25)13(2)23(3)29(26,27)16-9-7-15(28-4)8-10-16/h6-13H,5H2,1-4H3. The maximum Gasteiger partial charge on any atom is 0.261 e. The minimum absolute atomic E-state index is 0.130. The van der Waals surface area contributed by atoms with Gasteiger partial charge in [-0.1, -0.05) is 11.6 Å². The van der Waals surface area contributed by atoms with Crippen molar-refractivity contribution in [2.45, 2.75) is 31.3 Å². The van der Waals surface area contributed by atoms with Gasteiger partial charge in [-0.05, 0) is 56.3 Å². The highest BCUT2D eigenvalue weighted by Gasteiger charge is 2.29. The zero-order chi connectivity index (χ0) is 21.3. The highest BCUT2D eigenvalue weighted by atomic mass is 35.5. The van der Waals surface area contributed by atoms with Gasteiger partial charge in [-0.25, -0.2) is 13.4 Å². The van der Waals surface area contributed by atoms with Crippen molar-refractivity contribution in [3.8, 4) is 5.75 Å². The molecule has 1 aromatic heterocycles. The van der Waals surface area contributed by atoms with Crippen molar-refractivity contribution in [2.24, 2.45) is 0 Å². The summed E-state index contributed by atoms with van der Waals surface area (Å²) < 4.78 is 34.0. The first kappa shape index (κ1) is 21.3. The quantitative estimate of drug-likeness (QED) is 0.592. The topological polar surface area (TPSA) is 81.5 Å². The van der Waals surface area contributed by atoms with E-state index in [1.54, 1.807) is 37.3 Å². The molecule has 3 aromatic rings. The molecule has 0 aliphatic rings. The molecule has 0 saturated carbocycles. The maximum absolute atomic E-state index is 13.1. The second kappa shape index (κ2) is 8.14. The van der Waals surface area contributed by atoms with Crippen LogP contribution in [0.1, 0.15) is 25.7 Å². The molecule has 1 atom stereocenters. The summed E-state index contributed by atoms with van der Waals surface area (Å²) >= 11 is 6.02. The van der Waals surface area contributed by atoms with Gasteiger partial charge in [0.1, 0.15) is 11.6 Å². The molecule has 2 aromatic carbocycles. The Kier molecular flexibility index (Phi) is 5.97. The minimum atomic E-state index is -3.81. The van der Waals surface area contributed by atoms with Gasteiger partial charge in [0.15, 0.2) is 0 Å². The predicted molar refractivity (Wildman–Crippen MR) is 113 cm³/mol. The summed E-state index contributed by atoms with van der Waals surface area (Å²) in [5, 5.41) is 0.843. The normalized spacial score (nSPS) is 13.0. The number of sulfonamides is 1. The van der Waals surface area contributed by atoms with Crippen molar-refractivity contribution in [1.29, 1.82) is 0 Å². The molecule has 0 N–H and O–H groups in total. The molecule has 1 unspecified atom stereocenters. The van der Waals surface area contributed by atoms with Crippen LogP contribution in [0, 0.1) is 0 Å². The van der Waals surface area contributed by atoms with Crippen LogP contribution in [0.5, 0.6) is 5.75 Å². The van der Waals surface area contributed by atoms with E-state index in [1.807, 2.05) is 6.92 Å². The summed E-state index contributed by atoms with van der Waals surface area (Å²) in [4.78, 5) is 17.6. The lowest BCUT2D eigenvalue weighted by Gasteiger charge is -2.26. The van der Waals surface area contributed by atoms with Crippen LogP contribution >= 0.6 is 11.6 Å². The molecule has 0 aliphatic heterocycles. The third kappa shape index (κ3) is 3.88. The number of nitrogens with zero attached hydrogens (tertiary/aromatic N) is 3. The van der Waals surface area contributed by atoms with E-state index in [9.17, 15) is 13.2 Å². The van der Waals surface area contributed by atoms with E-state index in [0.29, 0.717) is 34.0 Å². The molecular weight excluding hydrogens is 414 g/mol. The van der Waals surface area contributed by atoms with Crippen molar-refractivity contribution in [3.63, 3.8) is 0 Å². The van der Waals surface area contributed by atoms with Crippen molar-refractivity contribution in [1.82, 2.24) is 13.9 Å². The second-order valence-electron chi connectivity index (χ2n) is 6.55. The van der Waals surface area contributed by atoms with Gasteiger partial charge < -0.3 is 4.74 Å². The van der Waals surface area contributed by atoms with Gasteiger partial charge in [-0.15, -0.1) is 0 Å². The summed E-state index contributed by atoms with van der Waals surface area (Å²) in [6.45, 7) is 3.87. The first-order chi connectivity index (χ1) is 13.7. The van der Waals surface area contributed by atoms with Crippen molar-refractivity contribution < 1.29 is 13.2 Å². The van der Waals surface area contributed by atoms with Gasteiger partial charge in [0, 0.05) is 18.6 Å². The fourth-order valence-corrected chi connectivity index (χ4v) is 4.61. The molecule has 0 bridgehead atoms. The van der Waals surface area contributed by atoms with Crippen LogP contribution in [0.2, 0.25) is 5.02 Å². The molecule has 1 heterocycles. The third-order valence-corrected chi connectivity index (χ3v) is 7.09. The van der Waals surface area contributed by atoms with E-state index in [4.69, 9.17) is 16.3 Å². The van der Waals surface area contributed by atoms with Crippen LogP contribution in [0.15, 0.2) is 52.2 Å². The molecule has 29 heavy (non-hydrogen) atoms. The van der Waals surface area contributed by atoms with Crippen molar-refractivity contribution in [3.05, 3.63) is 63.7 Å². The Balaban J connectivity index is 2.08. The number of hydrogen-bond donors (Lipinski definition) is 0. The largest absolute Gasteiger partial charge is 0.497 e. The van der Waals surface area contributed by atoms with Gasteiger partial charge in [0.05, 0.1) is 29.0 Å². The number of fused-ring (bicyclic) bond motifs is 1. The molecule has 154 valence electrons. The van der Waals surface area contributed by atoms with Gasteiger partial charge in [0.25, 0.3) is 5.56 Å². The molecule has 7 nitrogen and oxygen atoms in total. The van der Waals surface area contributed by atoms with E-state index in [1.165, 1.54) is 35.2 Å². The fraction of sp³-hybridized carbons (Fsp3) is 0.300. The second-order valence-corrected chi connectivity index (χ2v) is 8.99. The zero-order valence-electron chi connectivity index (χ0n) is 16.6. The van der Waals surface area contributed by atoms with Crippen molar-refractivity contribution >= 4 is 32.5 Å². The molecular formula is C20H22ClN3O4S. The first-order valence-electron chi connectivity index (χ1n) is 9.02. The van der Waals surface area contributed by atoms with E-state index < -0.39 is 16.1 Å². The van der Waals surface area contributed by atoms with E-state index in [0.717, 1.165) is 0 Å². The first-order valence-corrected chi connectivity index (χ1v) is 10.8. The Morgan fingerprint density at radius 1 is 1.21 bits per heavy atom. The van der Waals surface area contributed by atoms with E-state index >= 15 is 0 Å². The molecule has 0 aliphatic carbocycles. The van der Waals surface area contributed by atoms with Gasteiger partial charge in [-0.3, -0.25) is 9.36 Å². The van der Waals surface area contributed by atoms with Crippen LogP contribution in [0.4, 0.5) is 0 Å². The lowest BCUT2D eigenvalue weighted by Crippen LogP contribution is -2.35. The number of halogens is 1. The summed E-state index contributed by atoms with van der Waals surface area (Å²) in [6.07, 6.45) is 0. The van der Waals surface area contributed by atoms with Crippen LogP contribution in [-0.4, -0.2) is 36.4 Å². The zero-order valence-corrected chi connectivity index (χ0v) is 18.2. The number of benzene rings is 2. The fourth-order valence-electron chi connectivity index (χ4n) is 3.12. The minimum Gasteiger partial charge on any atom is -0.497 e. The Hall–Kier alpha value is -2.42. The van der Waals surface area contributed by atoms with Crippen LogP contribution < -0.4 is 10.3 Å². The van der Waals surface area contributed by atoms with Gasteiger partial charge in [0.2, 0.25) is 10.0 Å². The number of ether oxygens (including phenoxy) is 1. The summed E-state index contributed by atoms with van der Waals surface area (Å²) in [5.41, 5.74) is 0.221. The monoisotopic (exact) mass is 435 g/mol. The number of hydrogen-bond acceptors (Lipinski definition) is 5. The third-order valence-electron chi connectivity index (χ3n) is 4.92. The smallest absolute Gasteiger partial charge is 0.261 e. The van der Waals surface area contributed by atoms with E-state index in [2.05, 4.69) is 4.98 Å². The van der Waals surface area contributed by atoms with Gasteiger partial charge in [-0.2, -0.15) is 4.31 Å². The molecule has 3 rings (SSSR count). The maximum atomic E-state index is 13.1. The molecule has 0 spiro atoms. The Bertz CT molecular complexity index is 1210. The molecule has 0 saturated heterocycles. The number of methoxy groups -OCH3 is 1. The molecule has 0 amide bonds. The summed E-state index contributed by atoms with van der Waals surface area (Å²) in [7, 11) is -0.819. The average Bonchev–Trinajstić information content (AvgIpc) is 2.73. The summed E-state index contributed by atoms with van der Waals surface area (Å²) in [6, 6.07) is 10.4. The SMILES string of the molecule is CCn1c(C(C)N(C)S(=O)(=O)c2ccc(OC)cc2)nc2ccc(Cl)cc2c1=O. The number of rotatable bonds is 6. The Morgan fingerprint density at radius 2 is 1.86 bits per heavy atom. The van der Waals surface area contributed by atoms with E-state index in [-0.39, 0.29) is 10.5 Å². The molecule has 0 fully saturated rings. The van der Waals surface area contributed by atoms with Crippen LogP contribution in [0.25, 0.3) is 10.9 Å². The lowest BCUT2D eigenvalue weighted by atomic mass is 10.2. The molecule has 9 heteroatoms.